The second-order valence-corrected chi connectivity index (χ2v) is 6.90. The minimum atomic E-state index is -0.217. The molecule has 0 radical (unpaired) electrons. The molecule has 7 heteroatoms. The maximum Gasteiger partial charge on any atom is 0.268 e. The van der Waals surface area contributed by atoms with E-state index in [9.17, 15) is 4.79 Å². The molecule has 2 aromatic heterocycles. The van der Waals surface area contributed by atoms with Gasteiger partial charge >= 0.3 is 0 Å². The fourth-order valence-electron chi connectivity index (χ4n) is 2.19. The van der Waals surface area contributed by atoms with Crippen LogP contribution in [0.1, 0.15) is 26.1 Å². The molecule has 0 unspecified atom stereocenters. The molecule has 1 aromatic carbocycles. The number of carbonyl (C=O) groups is 1. The number of amides is 1. The number of aryl methyl sites for hydroxylation is 2. The van der Waals surface area contributed by atoms with E-state index in [0.717, 1.165) is 10.7 Å². The van der Waals surface area contributed by atoms with Crippen LogP contribution in [-0.2, 0) is 6.61 Å². The number of hydrogen-bond acceptors (Lipinski definition) is 5. The molecule has 0 bridgehead atoms. The quantitative estimate of drug-likeness (QED) is 0.707. The van der Waals surface area contributed by atoms with Crippen molar-refractivity contribution >= 4 is 34.7 Å². The zero-order valence-corrected chi connectivity index (χ0v) is 15.3. The molecular formula is C18H16ClN3O2S. The zero-order valence-electron chi connectivity index (χ0n) is 13.7. The Balaban J connectivity index is 1.67. The van der Waals surface area contributed by atoms with Crippen LogP contribution in [0.4, 0.5) is 5.82 Å². The third-order valence-electron chi connectivity index (χ3n) is 3.35. The molecule has 0 fully saturated rings. The molecule has 3 rings (SSSR count). The first-order valence-corrected chi connectivity index (χ1v) is 8.80. The molecule has 0 saturated heterocycles. The number of nitrogens with zero attached hydrogens (tertiary/aromatic N) is 2. The minimum Gasteiger partial charge on any atom is -0.486 e. The van der Waals surface area contributed by atoms with Gasteiger partial charge in [0.1, 0.15) is 28.1 Å². The first-order valence-electron chi connectivity index (χ1n) is 7.61. The third-order valence-corrected chi connectivity index (χ3v) is 4.73. The monoisotopic (exact) mass is 373 g/mol. The van der Waals surface area contributed by atoms with Crippen LogP contribution in [0, 0.1) is 13.8 Å². The fraction of sp³-hybridized carbons (Fsp3) is 0.167. The summed E-state index contributed by atoms with van der Waals surface area (Å²) in [5, 5.41) is 4.18. The molecule has 1 amide bonds. The van der Waals surface area contributed by atoms with Gasteiger partial charge in [-0.2, -0.15) is 0 Å². The molecule has 0 atom stereocenters. The summed E-state index contributed by atoms with van der Waals surface area (Å²) in [6, 6.07) is 12.6. The number of thiazole rings is 1. The number of nitrogens with one attached hydrogen (secondary N) is 1. The van der Waals surface area contributed by atoms with Crippen molar-refractivity contribution < 1.29 is 9.53 Å². The average Bonchev–Trinajstić information content (AvgIpc) is 2.95. The Morgan fingerprint density at radius 2 is 1.92 bits per heavy atom. The predicted molar refractivity (Wildman–Crippen MR) is 99.6 cm³/mol. The van der Waals surface area contributed by atoms with E-state index in [1.54, 1.807) is 37.3 Å². The van der Waals surface area contributed by atoms with Crippen molar-refractivity contribution in [2.75, 3.05) is 5.32 Å². The number of benzene rings is 1. The van der Waals surface area contributed by atoms with Crippen molar-refractivity contribution in [1.29, 1.82) is 0 Å². The van der Waals surface area contributed by atoms with Crippen LogP contribution in [0.5, 0.6) is 5.75 Å². The topological polar surface area (TPSA) is 64.1 Å². The summed E-state index contributed by atoms with van der Waals surface area (Å²) in [4.78, 5) is 21.7. The largest absolute Gasteiger partial charge is 0.486 e. The SMILES string of the molecule is Cc1cccc(NC(=O)c2sc(COc3ccc(Cl)cc3)nc2C)n1. The number of rotatable bonds is 5. The lowest BCUT2D eigenvalue weighted by Gasteiger charge is -2.04. The van der Waals surface area contributed by atoms with Crippen molar-refractivity contribution in [3.63, 3.8) is 0 Å². The van der Waals surface area contributed by atoms with Gasteiger partial charge in [-0.15, -0.1) is 11.3 Å². The summed E-state index contributed by atoms with van der Waals surface area (Å²) in [5.74, 6) is 1.01. The van der Waals surface area contributed by atoms with Gasteiger partial charge in [-0.25, -0.2) is 9.97 Å². The first kappa shape index (κ1) is 17.4. The van der Waals surface area contributed by atoms with E-state index in [2.05, 4.69) is 15.3 Å². The summed E-state index contributed by atoms with van der Waals surface area (Å²) in [5.41, 5.74) is 1.51. The Hall–Kier alpha value is -2.44. The van der Waals surface area contributed by atoms with Gasteiger partial charge < -0.3 is 10.1 Å². The molecule has 0 aliphatic carbocycles. The highest BCUT2D eigenvalue weighted by Gasteiger charge is 2.16. The maximum absolute atomic E-state index is 12.4. The molecule has 3 aromatic rings. The second kappa shape index (κ2) is 7.63. The van der Waals surface area contributed by atoms with Gasteiger partial charge in [0, 0.05) is 10.7 Å². The van der Waals surface area contributed by atoms with Crippen LogP contribution in [-0.4, -0.2) is 15.9 Å². The standard InChI is InChI=1S/C18H16ClN3O2S/c1-11-4-3-5-15(20-11)22-18(23)17-12(2)21-16(25-17)10-24-14-8-6-13(19)7-9-14/h3-9H,10H2,1-2H3,(H,20,22,23). The first-order chi connectivity index (χ1) is 12.0. The Kier molecular flexibility index (Phi) is 5.31. The number of carbonyl (C=O) groups excluding carboxylic acids is 1. The van der Waals surface area contributed by atoms with Gasteiger partial charge in [0.2, 0.25) is 0 Å². The van der Waals surface area contributed by atoms with E-state index in [0.29, 0.717) is 33.8 Å². The van der Waals surface area contributed by atoms with E-state index < -0.39 is 0 Å². The van der Waals surface area contributed by atoms with Gasteiger partial charge in [-0.05, 0) is 50.2 Å². The highest BCUT2D eigenvalue weighted by atomic mass is 35.5. The maximum atomic E-state index is 12.4. The van der Waals surface area contributed by atoms with Crippen LogP contribution in [0.15, 0.2) is 42.5 Å². The number of pyridine rings is 1. The van der Waals surface area contributed by atoms with E-state index in [4.69, 9.17) is 16.3 Å². The van der Waals surface area contributed by atoms with Crippen molar-refractivity contribution in [2.24, 2.45) is 0 Å². The van der Waals surface area contributed by atoms with Crippen molar-refractivity contribution in [2.45, 2.75) is 20.5 Å². The highest BCUT2D eigenvalue weighted by molar-refractivity contribution is 7.13. The highest BCUT2D eigenvalue weighted by Crippen LogP contribution is 2.22. The van der Waals surface area contributed by atoms with E-state index in [1.807, 2.05) is 19.1 Å². The molecule has 2 heterocycles. The molecular weight excluding hydrogens is 358 g/mol. The number of aromatic nitrogens is 2. The smallest absolute Gasteiger partial charge is 0.268 e. The third kappa shape index (κ3) is 4.55. The lowest BCUT2D eigenvalue weighted by molar-refractivity contribution is 0.102. The summed E-state index contributed by atoms with van der Waals surface area (Å²) in [6.07, 6.45) is 0. The summed E-state index contributed by atoms with van der Waals surface area (Å²) in [6.45, 7) is 3.98. The van der Waals surface area contributed by atoms with Crippen molar-refractivity contribution in [3.05, 3.63) is 68.8 Å². The molecule has 1 N–H and O–H groups in total. The zero-order chi connectivity index (χ0) is 17.8. The van der Waals surface area contributed by atoms with Crippen LogP contribution in [0.2, 0.25) is 5.02 Å². The summed E-state index contributed by atoms with van der Waals surface area (Å²) in [7, 11) is 0. The van der Waals surface area contributed by atoms with Crippen LogP contribution in [0.25, 0.3) is 0 Å². The average molecular weight is 374 g/mol. The van der Waals surface area contributed by atoms with Crippen LogP contribution >= 0.6 is 22.9 Å². The normalized spacial score (nSPS) is 10.5. The van der Waals surface area contributed by atoms with Crippen LogP contribution in [0.3, 0.4) is 0 Å². The van der Waals surface area contributed by atoms with Gasteiger partial charge in [0.15, 0.2) is 0 Å². The molecule has 0 aliphatic heterocycles. The molecule has 128 valence electrons. The Bertz CT molecular complexity index is 894. The lowest BCUT2D eigenvalue weighted by atomic mass is 10.3. The van der Waals surface area contributed by atoms with E-state index >= 15 is 0 Å². The number of hydrogen-bond donors (Lipinski definition) is 1. The van der Waals surface area contributed by atoms with Gasteiger partial charge in [0.05, 0.1) is 5.69 Å². The van der Waals surface area contributed by atoms with Gasteiger partial charge in [-0.1, -0.05) is 17.7 Å². The molecule has 25 heavy (non-hydrogen) atoms. The fourth-order valence-corrected chi connectivity index (χ4v) is 3.19. The molecule has 0 aliphatic rings. The van der Waals surface area contributed by atoms with Gasteiger partial charge in [-0.3, -0.25) is 4.79 Å². The Labute approximate surface area is 154 Å². The Morgan fingerprint density at radius 3 is 2.64 bits per heavy atom. The second-order valence-electron chi connectivity index (χ2n) is 5.38. The van der Waals surface area contributed by atoms with Crippen LogP contribution < -0.4 is 10.1 Å². The van der Waals surface area contributed by atoms with Crippen molar-refractivity contribution in [3.8, 4) is 5.75 Å². The number of anilines is 1. The lowest BCUT2D eigenvalue weighted by Crippen LogP contribution is -2.12. The van der Waals surface area contributed by atoms with Crippen molar-refractivity contribution in [1.82, 2.24) is 9.97 Å². The van der Waals surface area contributed by atoms with E-state index in [1.165, 1.54) is 11.3 Å². The number of ether oxygens (including phenoxy) is 1. The van der Waals surface area contributed by atoms with E-state index in [-0.39, 0.29) is 5.91 Å². The van der Waals surface area contributed by atoms with Gasteiger partial charge in [0.25, 0.3) is 5.91 Å². The summed E-state index contributed by atoms with van der Waals surface area (Å²) < 4.78 is 5.67. The minimum absolute atomic E-state index is 0.217. The number of halogens is 1. The molecule has 0 spiro atoms. The molecule has 0 saturated carbocycles. The predicted octanol–water partition coefficient (Wildman–Crippen LogP) is 4.64. The summed E-state index contributed by atoms with van der Waals surface area (Å²) >= 11 is 7.16. The molecule has 5 nitrogen and oxygen atoms in total. The Morgan fingerprint density at radius 1 is 1.16 bits per heavy atom.